The molecule has 2 saturated carbocycles. The predicted octanol–water partition coefficient (Wildman–Crippen LogP) is 8.01. The summed E-state index contributed by atoms with van der Waals surface area (Å²) in [5.41, 5.74) is 11.5. The lowest BCUT2D eigenvalue weighted by Crippen LogP contribution is -2.48. The van der Waals surface area contributed by atoms with Crippen molar-refractivity contribution in [3.8, 4) is 17.2 Å². The number of nitrogens with zero attached hydrogens (tertiary/aromatic N) is 2. The molecular weight excluding hydrogens is 694 g/mol. The highest BCUT2D eigenvalue weighted by molar-refractivity contribution is 7.89. The molecule has 0 radical (unpaired) electrons. The number of rotatable bonds is 12. The molecule has 2 N–H and O–H groups in total. The normalized spacial score (nSPS) is 21.7. The molecule has 2 fully saturated rings. The van der Waals surface area contributed by atoms with Crippen molar-refractivity contribution >= 4 is 27.3 Å². The van der Waals surface area contributed by atoms with Gasteiger partial charge in [-0.15, -0.1) is 6.58 Å². The summed E-state index contributed by atoms with van der Waals surface area (Å²) in [5.74, 6) is 3.11. The average Bonchev–Trinajstić information content (AvgIpc) is 3.78. The highest BCUT2D eigenvalue weighted by atomic mass is 35.5. The number of nitrogens with two attached hydrogens (primary N) is 1. The molecule has 0 saturated heterocycles. The highest BCUT2D eigenvalue weighted by Gasteiger charge is 2.69. The van der Waals surface area contributed by atoms with Crippen LogP contribution >= 0.6 is 11.6 Å². The van der Waals surface area contributed by atoms with Gasteiger partial charge in [-0.3, -0.25) is 0 Å². The average molecular weight is 742 g/mol. The third-order valence-electron chi connectivity index (χ3n) is 11.5. The molecule has 2 unspecified atom stereocenters. The highest BCUT2D eigenvalue weighted by Crippen LogP contribution is 2.72. The zero-order valence-corrected chi connectivity index (χ0v) is 31.5. The van der Waals surface area contributed by atoms with E-state index < -0.39 is 10.0 Å². The molecule has 0 aromatic heterocycles. The molecule has 4 aromatic rings. The fourth-order valence-corrected chi connectivity index (χ4v) is 9.94. The monoisotopic (exact) mass is 741 g/mol. The smallest absolute Gasteiger partial charge is 0.243 e. The van der Waals surface area contributed by atoms with Gasteiger partial charge in [-0.1, -0.05) is 48.0 Å². The summed E-state index contributed by atoms with van der Waals surface area (Å²) < 4.78 is 48.5. The molecule has 52 heavy (non-hydrogen) atoms. The predicted molar refractivity (Wildman–Crippen MR) is 207 cm³/mol. The van der Waals surface area contributed by atoms with E-state index in [1.807, 2.05) is 84.9 Å². The number of aryl methyl sites for hydroxylation is 1. The van der Waals surface area contributed by atoms with E-state index in [4.69, 9.17) is 31.5 Å². The van der Waals surface area contributed by atoms with Crippen LogP contribution in [0, 0.1) is 17.3 Å². The number of hydrogen-bond acceptors (Lipinski definition) is 7. The Morgan fingerprint density at radius 2 is 1.63 bits per heavy atom. The quantitative estimate of drug-likeness (QED) is 0.147. The number of sulfonamides is 1. The van der Waals surface area contributed by atoms with E-state index in [2.05, 4.69) is 11.5 Å². The van der Waals surface area contributed by atoms with Crippen molar-refractivity contribution in [2.75, 3.05) is 32.2 Å². The topological polar surface area (TPSA) is 94.3 Å². The molecule has 0 amide bonds. The first-order chi connectivity index (χ1) is 25.1. The Labute approximate surface area is 313 Å². The van der Waals surface area contributed by atoms with E-state index in [0.717, 1.165) is 67.6 Å². The van der Waals surface area contributed by atoms with Crippen LogP contribution in [0.5, 0.6) is 17.2 Å². The number of halogens is 1. The zero-order valence-electron chi connectivity index (χ0n) is 30.0. The largest absolute Gasteiger partial charge is 0.497 e. The Morgan fingerprint density at radius 1 is 0.962 bits per heavy atom. The number of methoxy groups -OCH3 is 2. The van der Waals surface area contributed by atoms with Crippen LogP contribution < -0.4 is 24.8 Å². The Kier molecular flexibility index (Phi) is 10.6. The molecule has 1 aliphatic heterocycles. The van der Waals surface area contributed by atoms with Gasteiger partial charge in [0.1, 0.15) is 23.9 Å². The molecule has 1 heterocycles. The summed E-state index contributed by atoms with van der Waals surface area (Å²) in [6, 6.07) is 26.3. The number of anilines is 1. The van der Waals surface area contributed by atoms with Gasteiger partial charge < -0.3 is 24.8 Å². The van der Waals surface area contributed by atoms with E-state index in [1.54, 1.807) is 20.3 Å². The standard InChI is InChI=1S/C42H48ClN3O5S/c1-4-41(44)42-24-33(42)22-34(42)27-45-20-6-5-7-31-21-35(43)13-12-32(31)28-51-40-19-18-38(23-39(40)45)52(47,48)46(25-29-8-14-36(49-2)15-9-29)26-30-10-16-37(50-3)17-11-30/h4,8-19,21,23,33-34,41H,1,5-7,20,22,24-28,44H2,2-3H3/t33?,34-,41+,42?/m0/s1. The van der Waals surface area contributed by atoms with Crippen LogP contribution in [0.15, 0.2) is 102 Å². The summed E-state index contributed by atoms with van der Waals surface area (Å²) in [4.78, 5) is 2.57. The molecular formula is C42H48ClN3O5S. The van der Waals surface area contributed by atoms with Crippen LogP contribution in [0.2, 0.25) is 5.02 Å². The van der Waals surface area contributed by atoms with Gasteiger partial charge in [0.2, 0.25) is 10.0 Å². The first-order valence-electron chi connectivity index (χ1n) is 18.1. The molecule has 274 valence electrons. The number of hydrogen-bond donors (Lipinski definition) is 1. The lowest BCUT2D eigenvalue weighted by atomic mass is 9.68. The maximum absolute atomic E-state index is 14.8. The number of fused-ring (bicyclic) bond motifs is 3. The summed E-state index contributed by atoms with van der Waals surface area (Å²) in [5, 5.41) is 0.715. The maximum Gasteiger partial charge on any atom is 0.243 e. The molecule has 0 bridgehead atoms. The Morgan fingerprint density at radius 3 is 2.23 bits per heavy atom. The van der Waals surface area contributed by atoms with E-state index in [9.17, 15) is 8.42 Å². The minimum atomic E-state index is -4.00. The second-order valence-corrected chi connectivity index (χ2v) is 16.8. The second kappa shape index (κ2) is 15.1. The van der Waals surface area contributed by atoms with Gasteiger partial charge in [-0.25, -0.2) is 8.42 Å². The third kappa shape index (κ3) is 7.29. The van der Waals surface area contributed by atoms with Gasteiger partial charge in [0.25, 0.3) is 0 Å². The van der Waals surface area contributed by atoms with Crippen molar-refractivity contribution in [2.24, 2.45) is 23.0 Å². The van der Waals surface area contributed by atoms with Crippen molar-refractivity contribution in [3.05, 3.63) is 125 Å². The number of benzene rings is 4. The van der Waals surface area contributed by atoms with Gasteiger partial charge in [0.05, 0.1) is 24.8 Å². The van der Waals surface area contributed by atoms with Crippen LogP contribution in [0.25, 0.3) is 0 Å². The van der Waals surface area contributed by atoms with Crippen molar-refractivity contribution < 1.29 is 22.6 Å². The van der Waals surface area contributed by atoms with Gasteiger partial charge in [-0.05, 0) is 126 Å². The van der Waals surface area contributed by atoms with Gasteiger partial charge in [-0.2, -0.15) is 4.31 Å². The lowest BCUT2D eigenvalue weighted by Gasteiger charge is -2.43. The molecule has 0 spiro atoms. The summed E-state index contributed by atoms with van der Waals surface area (Å²) in [6.45, 7) is 6.28. The summed E-state index contributed by atoms with van der Waals surface area (Å²) >= 11 is 6.40. The first-order valence-corrected chi connectivity index (χ1v) is 19.9. The van der Waals surface area contributed by atoms with E-state index in [1.165, 1.54) is 9.87 Å². The molecule has 10 heteroatoms. The molecule has 4 atom stereocenters. The molecule has 4 aromatic carbocycles. The minimum absolute atomic E-state index is 0.0497. The molecule has 8 nitrogen and oxygen atoms in total. The van der Waals surface area contributed by atoms with Crippen molar-refractivity contribution in [1.82, 2.24) is 4.31 Å². The van der Waals surface area contributed by atoms with Crippen molar-refractivity contribution in [1.29, 1.82) is 0 Å². The zero-order chi connectivity index (χ0) is 36.5. The van der Waals surface area contributed by atoms with Crippen LogP contribution in [0.1, 0.15) is 47.9 Å². The Bertz CT molecular complexity index is 1960. The van der Waals surface area contributed by atoms with Crippen LogP contribution in [0.3, 0.4) is 0 Å². The summed E-state index contributed by atoms with van der Waals surface area (Å²) in [7, 11) is -0.765. The minimum Gasteiger partial charge on any atom is -0.497 e. The van der Waals surface area contributed by atoms with Crippen LogP contribution in [-0.2, 0) is 36.1 Å². The maximum atomic E-state index is 14.8. The molecule has 7 rings (SSSR count). The van der Waals surface area contributed by atoms with Gasteiger partial charge >= 0.3 is 0 Å². The molecule has 2 aliphatic carbocycles. The SMILES string of the molecule is C=C[C@@H](N)C12CC1C[C@H]2CN1CCCCc2cc(Cl)ccc2COc2ccc(S(=O)(=O)N(Cc3ccc(OC)cc3)Cc3ccc(OC)cc3)cc21. The van der Waals surface area contributed by atoms with Crippen LogP contribution in [-0.4, -0.2) is 46.1 Å². The van der Waals surface area contributed by atoms with Crippen molar-refractivity contribution in [3.63, 3.8) is 0 Å². The fourth-order valence-electron chi connectivity index (χ4n) is 8.31. The second-order valence-electron chi connectivity index (χ2n) is 14.4. The lowest BCUT2D eigenvalue weighted by molar-refractivity contribution is 0.144. The summed E-state index contributed by atoms with van der Waals surface area (Å²) in [6.07, 6.45) is 6.93. The van der Waals surface area contributed by atoms with E-state index in [0.29, 0.717) is 40.7 Å². The first kappa shape index (κ1) is 36.3. The number of ether oxygens (including phenoxy) is 3. The van der Waals surface area contributed by atoms with Gasteiger partial charge in [0.15, 0.2) is 0 Å². The Hall–Kier alpha value is -4.02. The third-order valence-corrected chi connectivity index (χ3v) is 13.5. The van der Waals surface area contributed by atoms with Crippen molar-refractivity contribution in [2.45, 2.75) is 62.7 Å². The van der Waals surface area contributed by atoms with E-state index in [-0.39, 0.29) is 29.4 Å². The molecule has 3 aliphatic rings. The fraction of sp³-hybridized carbons (Fsp3) is 0.381. The Balaban J connectivity index is 1.26. The van der Waals surface area contributed by atoms with E-state index >= 15 is 0 Å². The van der Waals surface area contributed by atoms with Gasteiger partial charge in [0, 0.05) is 37.2 Å². The van der Waals surface area contributed by atoms with Crippen LogP contribution in [0.4, 0.5) is 5.69 Å².